The minimum Gasteiger partial charge on any atom is -0.456 e. The maximum Gasteiger partial charge on any atom is 0.240 e. The smallest absolute Gasteiger partial charge is 0.240 e. The molecule has 36 heavy (non-hydrogen) atoms. The van der Waals surface area contributed by atoms with Crippen molar-refractivity contribution in [3.05, 3.63) is 113 Å². The van der Waals surface area contributed by atoms with Crippen LogP contribution in [-0.4, -0.2) is 32.9 Å². The van der Waals surface area contributed by atoms with Crippen LogP contribution < -0.4 is 10.1 Å². The van der Waals surface area contributed by atoms with Gasteiger partial charge in [-0.1, -0.05) is 48.5 Å². The number of imidazole rings is 1. The summed E-state index contributed by atoms with van der Waals surface area (Å²) in [5.74, 6) is 1.22. The predicted molar refractivity (Wildman–Crippen MR) is 134 cm³/mol. The molecular weight excluding hydrogens is 450 g/mol. The number of nitrogens with one attached hydrogen (secondary N) is 1. The van der Waals surface area contributed by atoms with E-state index in [2.05, 4.69) is 33.1 Å². The fraction of sp³-hybridized carbons (Fsp3) is 0.207. The maximum absolute atomic E-state index is 13.6. The van der Waals surface area contributed by atoms with Crippen LogP contribution >= 0.6 is 0 Å². The van der Waals surface area contributed by atoms with E-state index < -0.39 is 0 Å². The largest absolute Gasteiger partial charge is 0.456 e. The van der Waals surface area contributed by atoms with Crippen LogP contribution in [0.25, 0.3) is 0 Å². The molecule has 3 aromatic carbocycles. The molecule has 178 valence electrons. The second-order valence-electron chi connectivity index (χ2n) is 9.20. The van der Waals surface area contributed by atoms with E-state index in [1.807, 2.05) is 65.7 Å². The number of carbonyl (C=O) groups is 1. The lowest BCUT2D eigenvalue weighted by molar-refractivity contribution is -0.130. The van der Waals surface area contributed by atoms with E-state index in [-0.39, 0.29) is 18.0 Å². The summed E-state index contributed by atoms with van der Waals surface area (Å²) in [6.45, 7) is 1.77. The summed E-state index contributed by atoms with van der Waals surface area (Å²) >= 11 is 0. The molecule has 2 aliphatic rings. The molecule has 4 aromatic rings. The minimum absolute atomic E-state index is 0.0883. The Morgan fingerprint density at radius 1 is 1.03 bits per heavy atom. The number of fused-ring (bicyclic) bond motifs is 7. The first-order chi connectivity index (χ1) is 17.7. The second-order valence-corrected chi connectivity index (χ2v) is 9.20. The first kappa shape index (κ1) is 22.1. The van der Waals surface area contributed by atoms with Gasteiger partial charge in [0.25, 0.3) is 0 Å². The highest BCUT2D eigenvalue weighted by atomic mass is 16.5. The number of rotatable bonds is 1. The Kier molecular flexibility index (Phi) is 5.72. The average Bonchev–Trinajstić information content (AvgIpc) is 3.49. The van der Waals surface area contributed by atoms with E-state index >= 15 is 0 Å². The number of carbonyl (C=O) groups excluding carboxylic acids is 1. The number of benzene rings is 3. The summed E-state index contributed by atoms with van der Waals surface area (Å²) in [5.41, 5.74) is 4.46. The molecule has 1 aromatic heterocycles. The molecule has 6 rings (SSSR count). The van der Waals surface area contributed by atoms with Crippen LogP contribution in [0.15, 0.2) is 85.3 Å². The first-order valence-electron chi connectivity index (χ1n) is 12.1. The number of hydrogen-bond acceptors (Lipinski definition) is 5. The molecule has 3 heterocycles. The fourth-order valence-electron chi connectivity index (χ4n) is 5.11. The number of nitriles is 1. The van der Waals surface area contributed by atoms with Gasteiger partial charge in [0.15, 0.2) is 0 Å². The number of aromatic nitrogens is 2. The third kappa shape index (κ3) is 4.12. The van der Waals surface area contributed by atoms with Gasteiger partial charge in [0, 0.05) is 25.8 Å². The summed E-state index contributed by atoms with van der Waals surface area (Å²) < 4.78 is 8.33. The quantitative estimate of drug-likeness (QED) is 0.442. The highest BCUT2D eigenvalue weighted by Gasteiger charge is 2.37. The minimum atomic E-state index is -0.256. The molecular formula is C29H25N5O2. The molecule has 2 aliphatic heterocycles. The molecule has 1 fully saturated rings. The third-order valence-corrected chi connectivity index (χ3v) is 6.92. The number of ether oxygens (including phenoxy) is 1. The van der Waals surface area contributed by atoms with Gasteiger partial charge in [-0.3, -0.25) is 4.79 Å². The molecule has 0 aliphatic carbocycles. The topological polar surface area (TPSA) is 83.2 Å². The lowest BCUT2D eigenvalue weighted by Crippen LogP contribution is -2.40. The third-order valence-electron chi connectivity index (χ3n) is 6.92. The second kappa shape index (κ2) is 9.33. The Morgan fingerprint density at radius 3 is 2.75 bits per heavy atom. The maximum atomic E-state index is 13.6. The van der Waals surface area contributed by atoms with Crippen molar-refractivity contribution < 1.29 is 9.53 Å². The number of nitrogens with zero attached hydrogens (tertiary/aromatic N) is 4. The van der Waals surface area contributed by atoms with Crippen molar-refractivity contribution in [2.75, 3.05) is 6.54 Å². The first-order valence-corrected chi connectivity index (χ1v) is 12.1. The summed E-state index contributed by atoms with van der Waals surface area (Å²) in [7, 11) is 0. The zero-order chi connectivity index (χ0) is 24.5. The number of hydrogen-bond donors (Lipinski definition) is 1. The zero-order valence-electron chi connectivity index (χ0n) is 19.7. The van der Waals surface area contributed by atoms with Crippen molar-refractivity contribution >= 4 is 5.91 Å². The molecule has 0 radical (unpaired) electrons. The molecule has 7 nitrogen and oxygen atoms in total. The van der Waals surface area contributed by atoms with Crippen molar-refractivity contribution in [2.45, 2.75) is 31.6 Å². The Bertz CT molecular complexity index is 1460. The summed E-state index contributed by atoms with van der Waals surface area (Å²) in [6.07, 6.45) is 4.35. The van der Waals surface area contributed by atoms with Gasteiger partial charge >= 0.3 is 0 Å². The standard InChI is InChI=1S/C29H25N5O2/c30-15-23-10-9-20-13-27(23)36-25-8-4-7-22(14-25)28(21-5-2-1-3-6-21)34-12-11-26(29(34)35)32-17-24-16-31-19-33(24)18-20/h1-10,13-14,16,19,26,28,32H,11-12,17-18H2/t26-,28?/m0/s1. The molecule has 6 bridgehead atoms. The number of amides is 1. The molecule has 1 amide bonds. The van der Waals surface area contributed by atoms with Gasteiger partial charge in [-0.15, -0.1) is 0 Å². The molecule has 1 N–H and O–H groups in total. The Morgan fingerprint density at radius 2 is 1.89 bits per heavy atom. The van der Waals surface area contributed by atoms with Gasteiger partial charge < -0.3 is 19.5 Å². The Balaban J connectivity index is 1.48. The molecule has 2 atom stereocenters. The monoisotopic (exact) mass is 475 g/mol. The van der Waals surface area contributed by atoms with E-state index in [9.17, 15) is 10.1 Å². The van der Waals surface area contributed by atoms with Gasteiger partial charge in [-0.05, 0) is 47.4 Å². The zero-order valence-corrected chi connectivity index (χ0v) is 19.7. The van der Waals surface area contributed by atoms with Crippen molar-refractivity contribution in [2.24, 2.45) is 0 Å². The molecule has 0 saturated carbocycles. The van der Waals surface area contributed by atoms with E-state index in [1.54, 1.807) is 12.4 Å². The summed E-state index contributed by atoms with van der Waals surface area (Å²) in [6, 6.07) is 25.3. The van der Waals surface area contributed by atoms with Crippen molar-refractivity contribution in [3.63, 3.8) is 0 Å². The van der Waals surface area contributed by atoms with Gasteiger partial charge in [0.05, 0.1) is 29.7 Å². The lowest BCUT2D eigenvalue weighted by atomic mass is 9.97. The van der Waals surface area contributed by atoms with E-state index in [4.69, 9.17) is 4.74 Å². The van der Waals surface area contributed by atoms with Crippen molar-refractivity contribution in [1.82, 2.24) is 19.8 Å². The fourth-order valence-corrected chi connectivity index (χ4v) is 5.11. The van der Waals surface area contributed by atoms with Crippen LogP contribution in [0.5, 0.6) is 11.5 Å². The summed E-state index contributed by atoms with van der Waals surface area (Å²) in [5, 5.41) is 13.2. The van der Waals surface area contributed by atoms with E-state index in [1.165, 1.54) is 0 Å². The van der Waals surface area contributed by atoms with Crippen molar-refractivity contribution in [3.8, 4) is 17.6 Å². The van der Waals surface area contributed by atoms with Crippen LogP contribution in [0.1, 0.15) is 40.4 Å². The normalized spacial score (nSPS) is 19.3. The van der Waals surface area contributed by atoms with Crippen LogP contribution in [0.2, 0.25) is 0 Å². The molecule has 1 unspecified atom stereocenters. The van der Waals surface area contributed by atoms with Crippen LogP contribution in [0, 0.1) is 11.3 Å². The van der Waals surface area contributed by atoms with E-state index in [0.717, 1.165) is 28.8 Å². The van der Waals surface area contributed by atoms with E-state index in [0.29, 0.717) is 36.7 Å². The van der Waals surface area contributed by atoms with Crippen molar-refractivity contribution in [1.29, 1.82) is 5.26 Å². The van der Waals surface area contributed by atoms with Gasteiger partial charge in [0.1, 0.15) is 17.6 Å². The Labute approximate surface area is 209 Å². The summed E-state index contributed by atoms with van der Waals surface area (Å²) in [4.78, 5) is 19.9. The van der Waals surface area contributed by atoms with Crippen LogP contribution in [0.3, 0.4) is 0 Å². The molecule has 1 saturated heterocycles. The average molecular weight is 476 g/mol. The Hall–Kier alpha value is -4.41. The van der Waals surface area contributed by atoms with Crippen LogP contribution in [-0.2, 0) is 17.9 Å². The van der Waals surface area contributed by atoms with Gasteiger partial charge in [-0.25, -0.2) is 4.98 Å². The molecule has 0 spiro atoms. The van der Waals surface area contributed by atoms with Gasteiger partial charge in [0.2, 0.25) is 5.91 Å². The molecule has 7 heteroatoms. The highest BCUT2D eigenvalue weighted by molar-refractivity contribution is 5.85. The predicted octanol–water partition coefficient (Wildman–Crippen LogP) is 4.39. The highest BCUT2D eigenvalue weighted by Crippen LogP contribution is 2.35. The van der Waals surface area contributed by atoms with Crippen LogP contribution in [0.4, 0.5) is 0 Å². The van der Waals surface area contributed by atoms with Gasteiger partial charge in [-0.2, -0.15) is 5.26 Å². The SMILES string of the molecule is N#Cc1ccc2cc1Oc1cccc(c1)C(c1ccccc1)N1CC[C@H](NCc3cncn3C2)C1=O. The lowest BCUT2D eigenvalue weighted by Gasteiger charge is -2.29.